The third-order valence-electron chi connectivity index (χ3n) is 3.27. The Hall–Kier alpha value is -1.84. The molecule has 0 radical (unpaired) electrons. The average Bonchev–Trinajstić information content (AvgIpc) is 3.15. The van der Waals surface area contributed by atoms with Gasteiger partial charge in [-0.2, -0.15) is 13.2 Å². The van der Waals surface area contributed by atoms with Crippen LogP contribution in [-0.2, 0) is 9.84 Å². The number of rotatable bonds is 4. The minimum atomic E-state index is -4.22. The molecule has 0 spiro atoms. The fourth-order valence-electron chi connectivity index (χ4n) is 1.93. The highest BCUT2D eigenvalue weighted by Crippen LogP contribution is 2.49. The van der Waals surface area contributed by atoms with Crippen LogP contribution in [0.15, 0.2) is 23.2 Å². The Bertz CT molecular complexity index is 658. The number of pyridine rings is 1. The molecule has 1 aromatic heterocycles. The van der Waals surface area contributed by atoms with Gasteiger partial charge in [-0.25, -0.2) is 18.2 Å². The van der Waals surface area contributed by atoms with E-state index in [0.717, 1.165) is 12.5 Å². The molecule has 6 nitrogen and oxygen atoms in total. The molecule has 22 heavy (non-hydrogen) atoms. The van der Waals surface area contributed by atoms with E-state index in [9.17, 15) is 26.4 Å². The summed E-state index contributed by atoms with van der Waals surface area (Å²) < 4.78 is 59.4. The van der Waals surface area contributed by atoms with Gasteiger partial charge in [-0.05, 0) is 24.5 Å². The van der Waals surface area contributed by atoms with Gasteiger partial charge in [-0.3, -0.25) is 5.32 Å². The minimum absolute atomic E-state index is 0.00413. The topological polar surface area (TPSA) is 88.2 Å². The van der Waals surface area contributed by atoms with E-state index in [-0.39, 0.29) is 23.7 Å². The normalized spacial score (nSPS) is 21.3. The van der Waals surface area contributed by atoms with E-state index in [2.05, 4.69) is 15.6 Å². The molecular formula is C12H14F3N3O3S. The van der Waals surface area contributed by atoms with E-state index in [1.807, 2.05) is 0 Å². The number of halogens is 3. The van der Waals surface area contributed by atoms with Crippen molar-refractivity contribution in [3.8, 4) is 0 Å². The maximum absolute atomic E-state index is 12.3. The number of hydrogen-bond donors (Lipinski definition) is 2. The second-order valence-corrected chi connectivity index (χ2v) is 7.15. The third kappa shape index (κ3) is 4.33. The predicted molar refractivity (Wildman–Crippen MR) is 72.0 cm³/mol. The Morgan fingerprint density at radius 1 is 1.41 bits per heavy atom. The van der Waals surface area contributed by atoms with E-state index in [1.54, 1.807) is 0 Å². The van der Waals surface area contributed by atoms with Crippen LogP contribution in [0, 0.1) is 11.8 Å². The zero-order chi connectivity index (χ0) is 16.5. The van der Waals surface area contributed by atoms with Crippen molar-refractivity contribution in [2.75, 3.05) is 18.1 Å². The zero-order valence-electron chi connectivity index (χ0n) is 11.5. The number of carbonyl (C=O) groups is 1. The summed E-state index contributed by atoms with van der Waals surface area (Å²) in [5.74, 6) is -1.83. The summed E-state index contributed by atoms with van der Waals surface area (Å²) in [6.07, 6.45) is -2.08. The average molecular weight is 337 g/mol. The molecule has 2 atom stereocenters. The number of hydrogen-bond acceptors (Lipinski definition) is 4. The highest BCUT2D eigenvalue weighted by atomic mass is 32.2. The molecule has 1 heterocycles. The van der Waals surface area contributed by atoms with Gasteiger partial charge in [-0.1, -0.05) is 0 Å². The Morgan fingerprint density at radius 2 is 2.09 bits per heavy atom. The maximum atomic E-state index is 12.3. The Labute approximate surface area is 125 Å². The SMILES string of the molecule is CS(=O)(=O)c1ccc(NC(=O)NC[C@@H]2C[C@H]2C(F)(F)F)nc1. The first-order chi connectivity index (χ1) is 10.1. The molecule has 122 valence electrons. The molecule has 2 rings (SSSR count). The fourth-order valence-corrected chi connectivity index (χ4v) is 2.49. The van der Waals surface area contributed by atoms with Gasteiger partial charge in [0.15, 0.2) is 9.84 Å². The van der Waals surface area contributed by atoms with Crippen molar-refractivity contribution in [1.29, 1.82) is 0 Å². The second-order valence-electron chi connectivity index (χ2n) is 5.13. The molecule has 0 bridgehead atoms. The van der Waals surface area contributed by atoms with Crippen LogP contribution in [0.5, 0.6) is 0 Å². The summed E-state index contributed by atoms with van der Waals surface area (Å²) in [6, 6.07) is 1.89. The molecule has 0 aromatic carbocycles. The van der Waals surface area contributed by atoms with Crippen molar-refractivity contribution in [3.05, 3.63) is 18.3 Å². The molecule has 1 fully saturated rings. The lowest BCUT2D eigenvalue weighted by Crippen LogP contribution is -2.31. The molecule has 0 aliphatic heterocycles. The van der Waals surface area contributed by atoms with Gasteiger partial charge in [0.05, 0.1) is 10.8 Å². The standard InChI is InChI=1S/C12H14F3N3O3S/c1-22(20,21)8-2-3-10(16-6-8)18-11(19)17-5-7-4-9(7)12(13,14)15/h2-3,6-7,9H,4-5H2,1H3,(H2,16,17,18,19)/t7-,9+/m0/s1. The number of anilines is 1. The number of alkyl halides is 3. The van der Waals surface area contributed by atoms with Crippen molar-refractivity contribution in [3.63, 3.8) is 0 Å². The van der Waals surface area contributed by atoms with Crippen molar-refractivity contribution >= 4 is 21.7 Å². The van der Waals surface area contributed by atoms with Gasteiger partial charge in [0.1, 0.15) is 5.82 Å². The first-order valence-electron chi connectivity index (χ1n) is 6.35. The van der Waals surface area contributed by atoms with Crippen LogP contribution < -0.4 is 10.6 Å². The van der Waals surface area contributed by atoms with Gasteiger partial charge in [0.2, 0.25) is 0 Å². The largest absolute Gasteiger partial charge is 0.392 e. The number of sulfone groups is 1. The van der Waals surface area contributed by atoms with Gasteiger partial charge < -0.3 is 5.32 Å². The summed E-state index contributed by atoms with van der Waals surface area (Å²) in [6.45, 7) is -0.0720. The van der Waals surface area contributed by atoms with Crippen LogP contribution in [0.25, 0.3) is 0 Å². The molecule has 2 N–H and O–H groups in total. The molecule has 10 heteroatoms. The van der Waals surface area contributed by atoms with Crippen molar-refractivity contribution in [1.82, 2.24) is 10.3 Å². The molecule has 1 aliphatic carbocycles. The Kier molecular flexibility index (Phi) is 4.32. The van der Waals surface area contributed by atoms with E-state index in [1.165, 1.54) is 12.1 Å². The minimum Gasteiger partial charge on any atom is -0.338 e. The second kappa shape index (κ2) is 5.75. The van der Waals surface area contributed by atoms with Gasteiger partial charge in [-0.15, -0.1) is 0 Å². The summed E-state index contributed by atoms with van der Waals surface area (Å²) in [7, 11) is -3.38. The van der Waals surface area contributed by atoms with Crippen molar-refractivity contribution < 1.29 is 26.4 Å². The van der Waals surface area contributed by atoms with E-state index in [4.69, 9.17) is 0 Å². The number of carbonyl (C=O) groups excluding carboxylic acids is 1. The van der Waals surface area contributed by atoms with E-state index < -0.39 is 33.9 Å². The van der Waals surface area contributed by atoms with E-state index in [0.29, 0.717) is 0 Å². The zero-order valence-corrected chi connectivity index (χ0v) is 12.3. The maximum Gasteiger partial charge on any atom is 0.392 e. The number of nitrogens with one attached hydrogen (secondary N) is 2. The van der Waals surface area contributed by atoms with Crippen molar-refractivity contribution in [2.45, 2.75) is 17.5 Å². The van der Waals surface area contributed by atoms with Crippen LogP contribution in [0.2, 0.25) is 0 Å². The van der Waals surface area contributed by atoms with E-state index >= 15 is 0 Å². The first kappa shape index (κ1) is 16.5. The van der Waals surface area contributed by atoms with Crippen LogP contribution >= 0.6 is 0 Å². The first-order valence-corrected chi connectivity index (χ1v) is 8.24. The highest BCUT2D eigenvalue weighted by Gasteiger charge is 2.55. The molecular weight excluding hydrogens is 323 g/mol. The highest BCUT2D eigenvalue weighted by molar-refractivity contribution is 7.90. The molecule has 1 aromatic rings. The lowest BCUT2D eigenvalue weighted by Gasteiger charge is -2.08. The van der Waals surface area contributed by atoms with Crippen LogP contribution in [-0.4, -0.2) is 38.4 Å². The number of amides is 2. The monoisotopic (exact) mass is 337 g/mol. The van der Waals surface area contributed by atoms with Crippen molar-refractivity contribution in [2.24, 2.45) is 11.8 Å². The smallest absolute Gasteiger partial charge is 0.338 e. The summed E-state index contributed by atoms with van der Waals surface area (Å²) in [5, 5.41) is 4.65. The predicted octanol–water partition coefficient (Wildman–Crippen LogP) is 1.80. The summed E-state index contributed by atoms with van der Waals surface area (Å²) in [4.78, 5) is 15.3. The molecule has 1 saturated carbocycles. The van der Waals surface area contributed by atoms with Crippen LogP contribution in [0.3, 0.4) is 0 Å². The van der Waals surface area contributed by atoms with Crippen LogP contribution in [0.1, 0.15) is 6.42 Å². The Balaban J connectivity index is 1.81. The van der Waals surface area contributed by atoms with Gasteiger partial charge in [0.25, 0.3) is 0 Å². The lowest BCUT2D eigenvalue weighted by atomic mass is 10.3. The third-order valence-corrected chi connectivity index (χ3v) is 4.37. The summed E-state index contributed by atoms with van der Waals surface area (Å²) in [5.41, 5.74) is 0. The summed E-state index contributed by atoms with van der Waals surface area (Å²) >= 11 is 0. The fraction of sp³-hybridized carbons (Fsp3) is 0.500. The van der Waals surface area contributed by atoms with Crippen LogP contribution in [0.4, 0.5) is 23.8 Å². The molecule has 2 amide bonds. The quantitative estimate of drug-likeness (QED) is 0.877. The van der Waals surface area contributed by atoms with Gasteiger partial charge in [0, 0.05) is 19.0 Å². The number of urea groups is 1. The molecule has 0 unspecified atom stereocenters. The number of aromatic nitrogens is 1. The lowest BCUT2D eigenvalue weighted by molar-refractivity contribution is -0.150. The number of nitrogens with zero attached hydrogens (tertiary/aromatic N) is 1. The molecule has 0 saturated heterocycles. The Morgan fingerprint density at radius 3 is 2.55 bits per heavy atom. The van der Waals surface area contributed by atoms with Gasteiger partial charge >= 0.3 is 12.2 Å². The molecule has 1 aliphatic rings.